The zero-order chi connectivity index (χ0) is 14.3. The van der Waals surface area contributed by atoms with Crippen LogP contribution in [0.1, 0.15) is 20.7 Å². The fraction of sp³-hybridized carbons (Fsp3) is 0.286. The van der Waals surface area contributed by atoms with E-state index in [9.17, 15) is 14.7 Å². The monoisotopic (exact) mass is 293 g/mol. The van der Waals surface area contributed by atoms with Gasteiger partial charge in [0, 0.05) is 18.7 Å². The number of halogens is 1. The minimum absolute atomic E-state index is 0.0309. The number of morpholine rings is 1. The van der Waals surface area contributed by atoms with Crippen LogP contribution in [0.15, 0.2) is 28.9 Å². The van der Waals surface area contributed by atoms with E-state index in [0.717, 1.165) is 0 Å². The van der Waals surface area contributed by atoms with Crippen LogP contribution < -0.4 is 0 Å². The lowest BCUT2D eigenvalue weighted by molar-refractivity contribution is 0.0498. The van der Waals surface area contributed by atoms with Gasteiger partial charge in [-0.3, -0.25) is 9.59 Å². The molecule has 1 aromatic carbocycles. The van der Waals surface area contributed by atoms with Gasteiger partial charge >= 0.3 is 0 Å². The lowest BCUT2D eigenvalue weighted by Gasteiger charge is -2.32. The van der Waals surface area contributed by atoms with Crippen molar-refractivity contribution in [1.82, 2.24) is 4.90 Å². The molecule has 1 heterocycles. The predicted octanol–water partition coefficient (Wildman–Crippen LogP) is 1.55. The molecule has 1 N–H and O–H groups in total. The number of aromatic hydroxyl groups is 1. The number of allylic oxidation sites excluding steroid dienone is 2. The number of phenols is 1. The van der Waals surface area contributed by atoms with Crippen LogP contribution >= 0.6 is 11.6 Å². The zero-order valence-electron chi connectivity index (χ0n) is 10.6. The van der Waals surface area contributed by atoms with Gasteiger partial charge in [0.25, 0.3) is 0 Å². The third-order valence-corrected chi connectivity index (χ3v) is 3.81. The highest BCUT2D eigenvalue weighted by Gasteiger charge is 2.36. The second-order valence-corrected chi connectivity index (χ2v) is 5.00. The van der Waals surface area contributed by atoms with Crippen molar-refractivity contribution in [3.63, 3.8) is 0 Å². The van der Waals surface area contributed by atoms with Gasteiger partial charge < -0.3 is 14.7 Å². The van der Waals surface area contributed by atoms with Crippen molar-refractivity contribution in [1.29, 1.82) is 0 Å². The van der Waals surface area contributed by atoms with Gasteiger partial charge in [-0.25, -0.2) is 0 Å². The van der Waals surface area contributed by atoms with E-state index >= 15 is 0 Å². The molecular formula is C14H12ClNO4. The molecule has 5 nitrogen and oxygen atoms in total. The molecule has 6 heteroatoms. The minimum Gasteiger partial charge on any atom is -0.507 e. The first-order valence-electron chi connectivity index (χ1n) is 6.25. The molecule has 1 aliphatic carbocycles. The van der Waals surface area contributed by atoms with Crippen molar-refractivity contribution in [3.05, 3.63) is 40.1 Å². The van der Waals surface area contributed by atoms with Crippen molar-refractivity contribution in [2.75, 3.05) is 26.3 Å². The number of benzene rings is 1. The van der Waals surface area contributed by atoms with Crippen molar-refractivity contribution in [2.45, 2.75) is 0 Å². The summed E-state index contributed by atoms with van der Waals surface area (Å²) in [6.07, 6.45) is 0. The number of hydrogen-bond acceptors (Lipinski definition) is 5. The first-order chi connectivity index (χ1) is 9.61. The summed E-state index contributed by atoms with van der Waals surface area (Å²) >= 11 is 6.09. The Balaban J connectivity index is 2.11. The summed E-state index contributed by atoms with van der Waals surface area (Å²) in [5.41, 5.74) is 0.342. The average molecular weight is 294 g/mol. The second-order valence-electron chi connectivity index (χ2n) is 4.62. The molecule has 0 unspecified atom stereocenters. The quantitative estimate of drug-likeness (QED) is 0.851. The maximum absolute atomic E-state index is 12.6. The number of phenolic OH excluding ortho intramolecular Hbond substituents is 1. The van der Waals surface area contributed by atoms with Crippen LogP contribution in [-0.2, 0) is 4.74 Å². The SMILES string of the molecule is O=C1C(Cl)=C(N2CCOCC2)C(=O)c2c(O)cccc21. The number of ether oxygens (including phenoxy) is 1. The van der Waals surface area contributed by atoms with Crippen LogP contribution in [-0.4, -0.2) is 47.9 Å². The van der Waals surface area contributed by atoms with E-state index in [1.54, 1.807) is 4.90 Å². The first kappa shape index (κ1) is 13.1. The number of hydrogen-bond donors (Lipinski definition) is 1. The minimum atomic E-state index is -0.432. The smallest absolute Gasteiger partial charge is 0.215 e. The number of rotatable bonds is 1. The molecular weight excluding hydrogens is 282 g/mol. The number of carbonyl (C=O) groups is 2. The van der Waals surface area contributed by atoms with E-state index < -0.39 is 11.6 Å². The van der Waals surface area contributed by atoms with Crippen molar-refractivity contribution in [2.24, 2.45) is 0 Å². The molecule has 3 rings (SSSR count). The largest absolute Gasteiger partial charge is 0.507 e. The molecule has 1 saturated heterocycles. The Labute approximate surface area is 120 Å². The highest BCUT2D eigenvalue weighted by Crippen LogP contribution is 2.34. The zero-order valence-corrected chi connectivity index (χ0v) is 11.3. The van der Waals surface area contributed by atoms with Crippen LogP contribution in [0.4, 0.5) is 0 Å². The molecule has 104 valence electrons. The molecule has 0 aromatic heterocycles. The maximum Gasteiger partial charge on any atom is 0.215 e. The third-order valence-electron chi connectivity index (χ3n) is 3.46. The fourth-order valence-electron chi connectivity index (χ4n) is 2.48. The summed E-state index contributed by atoms with van der Waals surface area (Å²) in [5.74, 6) is -1.04. The summed E-state index contributed by atoms with van der Waals surface area (Å²) in [6.45, 7) is 1.94. The number of fused-ring (bicyclic) bond motifs is 1. The molecule has 20 heavy (non-hydrogen) atoms. The Morgan fingerprint density at radius 3 is 2.55 bits per heavy atom. The summed E-state index contributed by atoms with van der Waals surface area (Å²) in [6, 6.07) is 4.40. The average Bonchev–Trinajstić information content (AvgIpc) is 2.46. The third kappa shape index (κ3) is 1.90. The summed E-state index contributed by atoms with van der Waals surface area (Å²) in [7, 11) is 0. The van der Waals surface area contributed by atoms with E-state index in [1.807, 2.05) is 0 Å². The maximum atomic E-state index is 12.6. The molecule has 0 amide bonds. The highest BCUT2D eigenvalue weighted by molar-refractivity contribution is 6.50. The van der Waals surface area contributed by atoms with E-state index in [-0.39, 0.29) is 27.6 Å². The standard InChI is InChI=1S/C14H12ClNO4/c15-11-12(16-4-6-20-7-5-16)14(19)10-8(13(11)18)2-1-3-9(10)17/h1-3,17H,4-7H2. The lowest BCUT2D eigenvalue weighted by atomic mass is 9.91. The van der Waals surface area contributed by atoms with Crippen molar-refractivity contribution < 1.29 is 19.4 Å². The number of ketones is 2. The molecule has 0 bridgehead atoms. The first-order valence-corrected chi connectivity index (χ1v) is 6.63. The predicted molar refractivity (Wildman–Crippen MR) is 72.0 cm³/mol. The second kappa shape index (κ2) is 4.92. The molecule has 0 saturated carbocycles. The van der Waals surface area contributed by atoms with Crippen LogP contribution in [0.25, 0.3) is 0 Å². The van der Waals surface area contributed by atoms with Crippen molar-refractivity contribution >= 4 is 23.2 Å². The molecule has 0 radical (unpaired) electrons. The number of Topliss-reactive ketones (excluding diaryl/α,β-unsaturated/α-hetero) is 2. The Morgan fingerprint density at radius 2 is 1.85 bits per heavy atom. The molecule has 2 aliphatic rings. The topological polar surface area (TPSA) is 66.8 Å². The van der Waals surface area contributed by atoms with Crippen LogP contribution in [0.2, 0.25) is 0 Å². The van der Waals surface area contributed by atoms with Crippen LogP contribution in [0.3, 0.4) is 0 Å². The van der Waals surface area contributed by atoms with E-state index in [2.05, 4.69) is 0 Å². The normalized spacial score (nSPS) is 19.4. The molecule has 1 fully saturated rings. The van der Waals surface area contributed by atoms with Gasteiger partial charge in [0.15, 0.2) is 0 Å². The summed E-state index contributed by atoms with van der Waals surface area (Å²) < 4.78 is 5.23. The van der Waals surface area contributed by atoms with Gasteiger partial charge in [0.1, 0.15) is 16.5 Å². The summed E-state index contributed by atoms with van der Waals surface area (Å²) in [4.78, 5) is 26.5. The fourth-order valence-corrected chi connectivity index (χ4v) is 2.79. The van der Waals surface area contributed by atoms with Gasteiger partial charge in [0.05, 0.1) is 18.8 Å². The Kier molecular flexibility index (Phi) is 3.23. The molecule has 1 aliphatic heterocycles. The summed E-state index contributed by atoms with van der Waals surface area (Å²) in [5, 5.41) is 9.78. The Morgan fingerprint density at radius 1 is 1.15 bits per heavy atom. The van der Waals surface area contributed by atoms with Crippen LogP contribution in [0.5, 0.6) is 5.75 Å². The number of nitrogens with zero attached hydrogens (tertiary/aromatic N) is 1. The van der Waals surface area contributed by atoms with E-state index in [1.165, 1.54) is 18.2 Å². The van der Waals surface area contributed by atoms with Gasteiger partial charge in [-0.2, -0.15) is 0 Å². The van der Waals surface area contributed by atoms with Gasteiger partial charge in [-0.05, 0) is 12.1 Å². The molecule has 0 spiro atoms. The van der Waals surface area contributed by atoms with E-state index in [0.29, 0.717) is 26.3 Å². The van der Waals surface area contributed by atoms with E-state index in [4.69, 9.17) is 16.3 Å². The van der Waals surface area contributed by atoms with Crippen LogP contribution in [0, 0.1) is 0 Å². The number of carbonyl (C=O) groups excluding carboxylic acids is 2. The Hall–Kier alpha value is -1.85. The van der Waals surface area contributed by atoms with Crippen molar-refractivity contribution in [3.8, 4) is 5.75 Å². The van der Waals surface area contributed by atoms with Gasteiger partial charge in [0.2, 0.25) is 11.6 Å². The van der Waals surface area contributed by atoms with Gasteiger partial charge in [-0.1, -0.05) is 17.7 Å². The molecule has 0 atom stereocenters. The lowest BCUT2D eigenvalue weighted by Crippen LogP contribution is -2.40. The molecule has 1 aromatic rings. The van der Waals surface area contributed by atoms with Gasteiger partial charge in [-0.15, -0.1) is 0 Å². The highest BCUT2D eigenvalue weighted by atomic mass is 35.5. The Bertz CT molecular complexity index is 632.